The fourth-order valence-electron chi connectivity index (χ4n) is 1.25. The second-order valence-corrected chi connectivity index (χ2v) is 3.18. The van der Waals surface area contributed by atoms with Gasteiger partial charge in [-0.1, -0.05) is 13.3 Å². The highest BCUT2D eigenvalue weighted by molar-refractivity contribution is 5.36. The van der Waals surface area contributed by atoms with E-state index >= 15 is 0 Å². The molecule has 0 fully saturated rings. The molecular formula is C11H14N2O. The van der Waals surface area contributed by atoms with Gasteiger partial charge in [0.15, 0.2) is 11.4 Å². The van der Waals surface area contributed by atoms with Crippen LogP contribution in [0.3, 0.4) is 0 Å². The zero-order valence-electron chi connectivity index (χ0n) is 8.53. The van der Waals surface area contributed by atoms with Gasteiger partial charge in [-0.25, -0.2) is 4.98 Å². The highest BCUT2D eigenvalue weighted by Crippen LogP contribution is 2.16. The highest BCUT2D eigenvalue weighted by Gasteiger charge is 2.07. The van der Waals surface area contributed by atoms with Crippen LogP contribution in [-0.4, -0.2) is 11.1 Å². The van der Waals surface area contributed by atoms with E-state index < -0.39 is 0 Å². The minimum atomic E-state index is 0.135. The Morgan fingerprint density at radius 3 is 3.07 bits per heavy atom. The number of hydrogen-bond donors (Lipinski definition) is 0. The molecule has 1 aromatic rings. The van der Waals surface area contributed by atoms with Gasteiger partial charge in [0.2, 0.25) is 0 Å². The Labute approximate surface area is 84.3 Å². The SMILES string of the molecule is CCCC(C)Oc1cccnc1C#N. The molecule has 3 nitrogen and oxygen atoms in total. The maximum atomic E-state index is 8.77. The third-order valence-electron chi connectivity index (χ3n) is 1.90. The number of nitrogens with zero attached hydrogens (tertiary/aromatic N) is 2. The predicted octanol–water partition coefficient (Wildman–Crippen LogP) is 2.52. The topological polar surface area (TPSA) is 45.9 Å². The number of rotatable bonds is 4. The van der Waals surface area contributed by atoms with Crippen molar-refractivity contribution in [1.29, 1.82) is 5.26 Å². The molecule has 0 N–H and O–H groups in total. The van der Waals surface area contributed by atoms with Gasteiger partial charge in [0.25, 0.3) is 0 Å². The van der Waals surface area contributed by atoms with Crippen LogP contribution in [-0.2, 0) is 0 Å². The van der Waals surface area contributed by atoms with E-state index in [4.69, 9.17) is 10.00 Å². The third-order valence-corrected chi connectivity index (χ3v) is 1.90. The molecule has 0 amide bonds. The van der Waals surface area contributed by atoms with Crippen LogP contribution < -0.4 is 4.74 Å². The predicted molar refractivity (Wildman–Crippen MR) is 54.0 cm³/mol. The molecule has 1 aromatic heterocycles. The first-order chi connectivity index (χ1) is 6.77. The van der Waals surface area contributed by atoms with Crippen molar-refractivity contribution in [2.24, 2.45) is 0 Å². The first-order valence-electron chi connectivity index (χ1n) is 4.79. The number of aromatic nitrogens is 1. The second kappa shape index (κ2) is 5.23. The molecule has 74 valence electrons. The Morgan fingerprint density at radius 1 is 1.64 bits per heavy atom. The summed E-state index contributed by atoms with van der Waals surface area (Å²) in [5, 5.41) is 8.77. The van der Waals surface area contributed by atoms with E-state index in [1.54, 1.807) is 18.3 Å². The van der Waals surface area contributed by atoms with Gasteiger partial charge in [0.05, 0.1) is 6.10 Å². The first-order valence-corrected chi connectivity index (χ1v) is 4.79. The normalized spacial score (nSPS) is 11.8. The van der Waals surface area contributed by atoms with Gasteiger partial charge in [-0.3, -0.25) is 0 Å². The summed E-state index contributed by atoms with van der Waals surface area (Å²) in [7, 11) is 0. The van der Waals surface area contributed by atoms with E-state index in [9.17, 15) is 0 Å². The molecule has 0 saturated heterocycles. The van der Waals surface area contributed by atoms with Crippen LogP contribution >= 0.6 is 0 Å². The average Bonchev–Trinajstić information content (AvgIpc) is 2.19. The fourth-order valence-corrected chi connectivity index (χ4v) is 1.25. The Bertz CT molecular complexity index is 330. The summed E-state index contributed by atoms with van der Waals surface area (Å²) in [6.45, 7) is 4.10. The van der Waals surface area contributed by atoms with Crippen molar-refractivity contribution in [2.75, 3.05) is 0 Å². The Hall–Kier alpha value is -1.56. The Morgan fingerprint density at radius 2 is 2.43 bits per heavy atom. The summed E-state index contributed by atoms with van der Waals surface area (Å²) in [4.78, 5) is 3.92. The average molecular weight is 190 g/mol. The second-order valence-electron chi connectivity index (χ2n) is 3.18. The van der Waals surface area contributed by atoms with Crippen molar-refractivity contribution in [3.63, 3.8) is 0 Å². The summed E-state index contributed by atoms with van der Waals surface area (Å²) < 4.78 is 5.59. The van der Waals surface area contributed by atoms with Gasteiger partial charge >= 0.3 is 0 Å². The molecule has 14 heavy (non-hydrogen) atoms. The standard InChI is InChI=1S/C11H14N2O/c1-3-5-9(2)14-11-6-4-7-13-10(11)8-12/h4,6-7,9H,3,5H2,1-2H3. The number of hydrogen-bond acceptors (Lipinski definition) is 3. The Kier molecular flexibility index (Phi) is 3.93. The van der Waals surface area contributed by atoms with Crippen molar-refractivity contribution in [2.45, 2.75) is 32.8 Å². The van der Waals surface area contributed by atoms with E-state index in [1.165, 1.54) is 0 Å². The van der Waals surface area contributed by atoms with E-state index in [2.05, 4.69) is 11.9 Å². The lowest BCUT2D eigenvalue weighted by atomic mass is 10.2. The van der Waals surface area contributed by atoms with Crippen molar-refractivity contribution in [3.8, 4) is 11.8 Å². The molecule has 1 atom stereocenters. The van der Waals surface area contributed by atoms with Crippen LogP contribution in [0.25, 0.3) is 0 Å². The molecule has 0 aliphatic heterocycles. The largest absolute Gasteiger partial charge is 0.488 e. The fraction of sp³-hybridized carbons (Fsp3) is 0.455. The number of nitriles is 1. The summed E-state index contributed by atoms with van der Waals surface area (Å²) in [6, 6.07) is 5.56. The molecule has 0 aliphatic carbocycles. The summed E-state index contributed by atoms with van der Waals surface area (Å²) >= 11 is 0. The van der Waals surface area contributed by atoms with E-state index in [-0.39, 0.29) is 6.10 Å². The maximum absolute atomic E-state index is 8.77. The molecule has 0 spiro atoms. The number of pyridine rings is 1. The van der Waals surface area contributed by atoms with E-state index in [0.717, 1.165) is 12.8 Å². The smallest absolute Gasteiger partial charge is 0.182 e. The molecule has 1 heterocycles. The molecule has 0 radical (unpaired) electrons. The first kappa shape index (κ1) is 10.5. The minimum absolute atomic E-state index is 0.135. The van der Waals surface area contributed by atoms with Gasteiger partial charge in [0.1, 0.15) is 6.07 Å². The lowest BCUT2D eigenvalue weighted by molar-refractivity contribution is 0.208. The van der Waals surface area contributed by atoms with Crippen molar-refractivity contribution >= 4 is 0 Å². The Balaban J connectivity index is 2.71. The van der Waals surface area contributed by atoms with E-state index in [1.807, 2.05) is 13.0 Å². The zero-order chi connectivity index (χ0) is 10.4. The van der Waals surface area contributed by atoms with Crippen LogP contribution in [0.15, 0.2) is 18.3 Å². The molecular weight excluding hydrogens is 176 g/mol. The highest BCUT2D eigenvalue weighted by atomic mass is 16.5. The molecule has 0 saturated carbocycles. The summed E-state index contributed by atoms with van der Waals surface area (Å²) in [6.07, 6.45) is 3.79. The van der Waals surface area contributed by atoms with Crippen LogP contribution in [0.5, 0.6) is 5.75 Å². The number of ether oxygens (including phenoxy) is 1. The van der Waals surface area contributed by atoms with Gasteiger partial charge < -0.3 is 4.74 Å². The van der Waals surface area contributed by atoms with Crippen LogP contribution in [0.4, 0.5) is 0 Å². The molecule has 3 heteroatoms. The van der Waals surface area contributed by atoms with Crippen LogP contribution in [0.1, 0.15) is 32.4 Å². The van der Waals surface area contributed by atoms with Gasteiger partial charge in [-0.05, 0) is 25.5 Å². The van der Waals surface area contributed by atoms with Gasteiger partial charge in [-0.2, -0.15) is 5.26 Å². The van der Waals surface area contributed by atoms with Crippen LogP contribution in [0.2, 0.25) is 0 Å². The molecule has 1 unspecified atom stereocenters. The van der Waals surface area contributed by atoms with Gasteiger partial charge in [-0.15, -0.1) is 0 Å². The van der Waals surface area contributed by atoms with Crippen molar-refractivity contribution < 1.29 is 4.74 Å². The van der Waals surface area contributed by atoms with Crippen molar-refractivity contribution in [1.82, 2.24) is 4.98 Å². The molecule has 1 rings (SSSR count). The third kappa shape index (κ3) is 2.74. The van der Waals surface area contributed by atoms with Gasteiger partial charge in [0, 0.05) is 6.20 Å². The molecule has 0 bridgehead atoms. The lowest BCUT2D eigenvalue weighted by Gasteiger charge is -2.13. The lowest BCUT2D eigenvalue weighted by Crippen LogP contribution is -2.12. The molecule has 0 aliphatic rings. The van der Waals surface area contributed by atoms with Crippen LogP contribution in [0, 0.1) is 11.3 Å². The zero-order valence-corrected chi connectivity index (χ0v) is 8.53. The maximum Gasteiger partial charge on any atom is 0.182 e. The monoisotopic (exact) mass is 190 g/mol. The summed E-state index contributed by atoms with van der Waals surface area (Å²) in [5.74, 6) is 0.580. The molecule has 0 aromatic carbocycles. The minimum Gasteiger partial charge on any atom is -0.488 e. The quantitative estimate of drug-likeness (QED) is 0.732. The van der Waals surface area contributed by atoms with E-state index in [0.29, 0.717) is 11.4 Å². The van der Waals surface area contributed by atoms with Crippen molar-refractivity contribution in [3.05, 3.63) is 24.0 Å². The summed E-state index contributed by atoms with van der Waals surface area (Å²) in [5.41, 5.74) is 0.357.